The second-order valence-electron chi connectivity index (χ2n) is 10.1. The van der Waals surface area contributed by atoms with Gasteiger partial charge in [0.2, 0.25) is 15.9 Å². The van der Waals surface area contributed by atoms with Gasteiger partial charge in [0.1, 0.15) is 18.4 Å². The summed E-state index contributed by atoms with van der Waals surface area (Å²) in [6.07, 6.45) is -3.18. The van der Waals surface area contributed by atoms with Crippen LogP contribution >= 0.6 is 0 Å². The van der Waals surface area contributed by atoms with Gasteiger partial charge in [0.15, 0.2) is 0 Å². The first-order valence-corrected chi connectivity index (χ1v) is 14.6. The van der Waals surface area contributed by atoms with Crippen LogP contribution in [0.15, 0.2) is 53.4 Å². The van der Waals surface area contributed by atoms with E-state index < -0.39 is 40.1 Å². The molecule has 0 aliphatic heterocycles. The van der Waals surface area contributed by atoms with Crippen molar-refractivity contribution in [1.82, 2.24) is 14.6 Å². The molecule has 0 saturated heterocycles. The molecule has 0 spiro atoms. The van der Waals surface area contributed by atoms with E-state index >= 15 is 0 Å². The van der Waals surface area contributed by atoms with Gasteiger partial charge in [-0.3, -0.25) is 4.79 Å². The molecule has 1 aliphatic rings. The fraction of sp³-hybridized carbons (Fsp3) is 0.464. The summed E-state index contributed by atoms with van der Waals surface area (Å²) in [4.78, 5) is 12.4. The van der Waals surface area contributed by atoms with Crippen LogP contribution in [0.25, 0.3) is 22.2 Å². The lowest BCUT2D eigenvalue weighted by Gasteiger charge is -2.29. The van der Waals surface area contributed by atoms with Crippen molar-refractivity contribution < 1.29 is 35.9 Å². The highest BCUT2D eigenvalue weighted by molar-refractivity contribution is 7.89. The van der Waals surface area contributed by atoms with Gasteiger partial charge in [-0.15, -0.1) is 0 Å². The Morgan fingerprint density at radius 2 is 1.73 bits per heavy atom. The monoisotopic (exact) mass is 581 g/mol. The van der Waals surface area contributed by atoms with Crippen LogP contribution in [0.2, 0.25) is 0 Å². The van der Waals surface area contributed by atoms with Crippen LogP contribution in [0.3, 0.4) is 0 Å². The number of sulfonamides is 1. The van der Waals surface area contributed by atoms with Crippen LogP contribution in [0, 0.1) is 5.92 Å². The minimum atomic E-state index is -4.51. The number of fused-ring (bicyclic) bond motifs is 1. The number of methoxy groups -OCH3 is 1. The summed E-state index contributed by atoms with van der Waals surface area (Å²) in [5.74, 6) is -0.497. The molecule has 0 radical (unpaired) electrons. The van der Waals surface area contributed by atoms with Crippen LogP contribution in [-0.2, 0) is 26.6 Å². The van der Waals surface area contributed by atoms with Gasteiger partial charge in [-0.2, -0.15) is 13.2 Å². The molecule has 0 unspecified atom stereocenters. The van der Waals surface area contributed by atoms with E-state index in [1.165, 1.54) is 0 Å². The Morgan fingerprint density at radius 3 is 2.35 bits per heavy atom. The molecule has 3 aromatic rings. The summed E-state index contributed by atoms with van der Waals surface area (Å²) in [6.45, 7) is 1.85. The van der Waals surface area contributed by atoms with Gasteiger partial charge in [-0.05, 0) is 80.6 Å². The van der Waals surface area contributed by atoms with Crippen LogP contribution < -0.4 is 14.8 Å². The summed E-state index contributed by atoms with van der Waals surface area (Å²) >= 11 is 0. The van der Waals surface area contributed by atoms with Crippen molar-refractivity contribution in [2.24, 2.45) is 13.0 Å². The summed E-state index contributed by atoms with van der Waals surface area (Å²) in [5.41, 5.74) is 2.61. The number of hydrogen-bond acceptors (Lipinski definition) is 5. The normalized spacial score (nSPS) is 18.9. The molecule has 12 heteroatoms. The average Bonchev–Trinajstić information content (AvgIpc) is 3.24. The number of hydrogen-bond donors (Lipinski definition) is 2. The quantitative estimate of drug-likeness (QED) is 0.336. The maximum atomic E-state index is 13.2. The van der Waals surface area contributed by atoms with Gasteiger partial charge in [-0.25, -0.2) is 13.1 Å². The highest BCUT2D eigenvalue weighted by Gasteiger charge is 2.38. The van der Waals surface area contributed by atoms with E-state index in [1.54, 1.807) is 25.3 Å². The number of benzene rings is 2. The van der Waals surface area contributed by atoms with Crippen molar-refractivity contribution in [2.45, 2.75) is 55.8 Å². The van der Waals surface area contributed by atoms with Gasteiger partial charge in [0.05, 0.1) is 11.5 Å². The third-order valence-corrected chi connectivity index (χ3v) is 8.82. The number of nitrogens with zero attached hydrogens (tertiary/aromatic N) is 1. The molecule has 1 atom stereocenters. The van der Waals surface area contributed by atoms with Crippen molar-refractivity contribution in [1.29, 1.82) is 0 Å². The Kier molecular flexibility index (Phi) is 9.11. The Bertz CT molecular complexity index is 1430. The first kappa shape index (κ1) is 29.9. The number of ether oxygens (including phenoxy) is 2. The standard InChI is InChI=1S/C28H34F3N3O5S/c1-18(28(29,30)31)32-27(35)20-4-9-22(10-5-20)33-40(36,37)24-13-8-21-16-25(34(2)26(21)17-24)19-6-11-23(12-7-19)39-15-14-38-3/h6-8,11-13,16-18,20,22,33H,4-5,9-10,14-15H2,1-3H3,(H,32,35)/t18-,20-,22-/m1/s1. The molecule has 1 amide bonds. The number of rotatable bonds is 10. The van der Waals surface area contributed by atoms with Crippen molar-refractivity contribution >= 4 is 26.8 Å². The van der Waals surface area contributed by atoms with Gasteiger partial charge in [0, 0.05) is 42.7 Å². The maximum Gasteiger partial charge on any atom is 0.408 e. The van der Waals surface area contributed by atoms with Gasteiger partial charge in [0.25, 0.3) is 0 Å². The zero-order valence-corrected chi connectivity index (χ0v) is 23.4. The maximum absolute atomic E-state index is 13.2. The van der Waals surface area contributed by atoms with E-state index in [2.05, 4.69) is 4.72 Å². The second kappa shape index (κ2) is 12.2. The first-order chi connectivity index (χ1) is 18.9. The van der Waals surface area contributed by atoms with E-state index in [0.717, 1.165) is 34.8 Å². The minimum absolute atomic E-state index is 0.119. The number of carbonyl (C=O) groups excluding carboxylic acids is 1. The molecule has 2 N–H and O–H groups in total. The number of amides is 1. The fourth-order valence-corrected chi connectivity index (χ4v) is 6.22. The largest absolute Gasteiger partial charge is 0.491 e. The molecule has 1 aliphatic carbocycles. The molecule has 40 heavy (non-hydrogen) atoms. The lowest BCUT2D eigenvalue weighted by molar-refractivity contribution is -0.159. The predicted molar refractivity (Wildman–Crippen MR) is 145 cm³/mol. The Hall–Kier alpha value is -3.09. The third-order valence-electron chi connectivity index (χ3n) is 7.30. The average molecular weight is 582 g/mol. The number of nitrogens with one attached hydrogen (secondary N) is 2. The van der Waals surface area contributed by atoms with Crippen molar-refractivity contribution in [3.63, 3.8) is 0 Å². The van der Waals surface area contributed by atoms with Crippen LogP contribution in [0.5, 0.6) is 5.75 Å². The molecule has 4 rings (SSSR count). The topological polar surface area (TPSA) is 98.7 Å². The Labute approximate surface area is 231 Å². The van der Waals surface area contributed by atoms with Crippen molar-refractivity contribution in [3.8, 4) is 17.0 Å². The molecular formula is C28H34F3N3O5S. The van der Waals surface area contributed by atoms with E-state index in [4.69, 9.17) is 9.47 Å². The SMILES string of the molecule is COCCOc1ccc(-c2cc3ccc(S(=O)(=O)N[C@H]4CC[C@H](C(=O)N[C@H](C)C(F)(F)F)CC4)cc3n2C)cc1. The highest BCUT2D eigenvalue weighted by atomic mass is 32.2. The third kappa shape index (κ3) is 6.97. The minimum Gasteiger partial charge on any atom is -0.491 e. The fourth-order valence-electron chi connectivity index (χ4n) is 4.89. The first-order valence-electron chi connectivity index (χ1n) is 13.1. The second-order valence-corrected chi connectivity index (χ2v) is 11.8. The van der Waals surface area contributed by atoms with E-state index in [9.17, 15) is 26.4 Å². The Morgan fingerprint density at radius 1 is 1.05 bits per heavy atom. The lowest BCUT2D eigenvalue weighted by Crippen LogP contribution is -2.47. The molecule has 1 saturated carbocycles. The molecule has 1 aromatic heterocycles. The molecular weight excluding hydrogens is 547 g/mol. The zero-order valence-electron chi connectivity index (χ0n) is 22.6. The van der Waals surface area contributed by atoms with Crippen LogP contribution in [0.1, 0.15) is 32.6 Å². The van der Waals surface area contributed by atoms with Crippen LogP contribution in [0.4, 0.5) is 13.2 Å². The summed E-state index contributed by atoms with van der Waals surface area (Å²) in [6, 6.07) is 12.2. The van der Waals surface area contributed by atoms with Crippen molar-refractivity contribution in [2.75, 3.05) is 20.3 Å². The predicted octanol–water partition coefficient (Wildman–Crippen LogP) is 4.77. The van der Waals surface area contributed by atoms with E-state index in [0.29, 0.717) is 38.9 Å². The summed E-state index contributed by atoms with van der Waals surface area (Å²) in [5, 5.41) is 2.90. The molecule has 1 heterocycles. The lowest BCUT2D eigenvalue weighted by atomic mass is 9.86. The number of alkyl halides is 3. The van der Waals surface area contributed by atoms with Gasteiger partial charge in [-0.1, -0.05) is 6.07 Å². The van der Waals surface area contributed by atoms with Crippen LogP contribution in [-0.4, -0.2) is 57.5 Å². The zero-order chi connectivity index (χ0) is 29.1. The highest BCUT2D eigenvalue weighted by Crippen LogP contribution is 2.31. The molecule has 218 valence electrons. The summed E-state index contributed by atoms with van der Waals surface area (Å²) in [7, 11) is -0.373. The number of aromatic nitrogens is 1. The Balaban J connectivity index is 1.41. The smallest absolute Gasteiger partial charge is 0.408 e. The number of halogens is 3. The van der Waals surface area contributed by atoms with Gasteiger partial charge >= 0.3 is 6.18 Å². The van der Waals surface area contributed by atoms with Gasteiger partial charge < -0.3 is 19.4 Å². The molecule has 2 aromatic carbocycles. The van der Waals surface area contributed by atoms with E-state index in [1.807, 2.05) is 47.3 Å². The number of aryl methyl sites for hydroxylation is 1. The molecule has 8 nitrogen and oxygen atoms in total. The van der Waals surface area contributed by atoms with Crippen molar-refractivity contribution in [3.05, 3.63) is 48.5 Å². The number of carbonyl (C=O) groups is 1. The molecule has 0 bridgehead atoms. The van der Waals surface area contributed by atoms with E-state index in [-0.39, 0.29) is 4.90 Å². The molecule has 1 fully saturated rings. The summed E-state index contributed by atoms with van der Waals surface area (Å²) < 4.78 is 79.9.